The molecule has 0 aromatic heterocycles. The van der Waals surface area contributed by atoms with Crippen LogP contribution in [0.25, 0.3) is 0 Å². The molecule has 8 rings (SSSR count). The molecule has 2 aliphatic heterocycles. The van der Waals surface area contributed by atoms with Crippen LogP contribution in [0.15, 0.2) is 182 Å². The number of aliphatic hydroxyl groups is 1. The second kappa shape index (κ2) is 24.2. The molecule has 0 saturated carbocycles. The van der Waals surface area contributed by atoms with Gasteiger partial charge in [0.15, 0.2) is 18.5 Å². The number of hydrogen-bond acceptors (Lipinski definition) is 10. The summed E-state index contributed by atoms with van der Waals surface area (Å²) in [7, 11) is 0. The summed E-state index contributed by atoms with van der Waals surface area (Å²) in [5, 5.41) is 10.5. The zero-order valence-corrected chi connectivity index (χ0v) is 34.6. The van der Waals surface area contributed by atoms with E-state index in [1.807, 2.05) is 182 Å². The SMILES string of the molecule is O=C1O[C@H](COCc2ccccc2)[C@@H](OCc2ccccc2)[C@H]1OCc1ccccc1.OC1O[C@H](COCc2ccccc2)[C@@H](OCc2ccccc2)[C@H]1OCc1ccccc1. The first kappa shape index (κ1) is 44.5. The molecule has 0 amide bonds. The van der Waals surface area contributed by atoms with Gasteiger partial charge in [0.05, 0.1) is 52.9 Å². The summed E-state index contributed by atoms with van der Waals surface area (Å²) in [4.78, 5) is 12.6. The number of carbonyl (C=O) groups is 1. The quantitative estimate of drug-likeness (QED) is 0.0753. The summed E-state index contributed by atoms with van der Waals surface area (Å²) < 4.78 is 47.4. The van der Waals surface area contributed by atoms with Crippen LogP contribution in [0.2, 0.25) is 0 Å². The van der Waals surface area contributed by atoms with Gasteiger partial charge in [0.25, 0.3) is 0 Å². The van der Waals surface area contributed by atoms with Crippen molar-refractivity contribution in [1.29, 1.82) is 0 Å². The zero-order valence-electron chi connectivity index (χ0n) is 34.6. The summed E-state index contributed by atoms with van der Waals surface area (Å²) in [5.74, 6) is -0.415. The summed E-state index contributed by atoms with van der Waals surface area (Å²) in [5.41, 5.74) is 6.23. The van der Waals surface area contributed by atoms with E-state index in [9.17, 15) is 9.90 Å². The van der Waals surface area contributed by atoms with Crippen LogP contribution in [0.4, 0.5) is 0 Å². The first-order valence-corrected chi connectivity index (χ1v) is 21.0. The molecule has 1 unspecified atom stereocenters. The maximum Gasteiger partial charge on any atom is 0.338 e. The van der Waals surface area contributed by atoms with Gasteiger partial charge in [-0.15, -0.1) is 0 Å². The molecule has 0 aliphatic carbocycles. The molecule has 0 spiro atoms. The van der Waals surface area contributed by atoms with Gasteiger partial charge in [-0.3, -0.25) is 0 Å². The normalized spacial score (nSPS) is 21.8. The van der Waals surface area contributed by atoms with E-state index in [4.69, 9.17) is 37.9 Å². The molecule has 322 valence electrons. The van der Waals surface area contributed by atoms with E-state index in [2.05, 4.69) is 0 Å². The van der Waals surface area contributed by atoms with Gasteiger partial charge < -0.3 is 43.0 Å². The van der Waals surface area contributed by atoms with Crippen molar-refractivity contribution in [1.82, 2.24) is 0 Å². The minimum atomic E-state index is -1.07. The van der Waals surface area contributed by atoms with Crippen LogP contribution in [0, 0.1) is 0 Å². The molecule has 62 heavy (non-hydrogen) atoms. The number of hydrogen-bond donors (Lipinski definition) is 1. The van der Waals surface area contributed by atoms with Crippen molar-refractivity contribution in [3.8, 4) is 0 Å². The van der Waals surface area contributed by atoms with E-state index in [-0.39, 0.29) is 6.61 Å². The number of rotatable bonds is 20. The Kier molecular flexibility index (Phi) is 17.4. The largest absolute Gasteiger partial charge is 0.455 e. The number of carbonyl (C=O) groups excluding carboxylic acids is 1. The molecular formula is C52H54O10. The van der Waals surface area contributed by atoms with Crippen LogP contribution >= 0.6 is 0 Å². The lowest BCUT2D eigenvalue weighted by atomic mass is 10.1. The van der Waals surface area contributed by atoms with Gasteiger partial charge in [0, 0.05) is 0 Å². The first-order valence-electron chi connectivity index (χ1n) is 21.0. The Morgan fingerprint density at radius 1 is 0.387 bits per heavy atom. The average molecular weight is 839 g/mol. The molecule has 2 heterocycles. The molecule has 6 aromatic rings. The van der Waals surface area contributed by atoms with Crippen molar-refractivity contribution in [3.63, 3.8) is 0 Å². The van der Waals surface area contributed by atoms with E-state index in [0.717, 1.165) is 33.4 Å². The lowest BCUT2D eigenvalue weighted by Gasteiger charge is -2.24. The van der Waals surface area contributed by atoms with Crippen LogP contribution in [-0.4, -0.2) is 67.2 Å². The van der Waals surface area contributed by atoms with Gasteiger partial charge in [0.2, 0.25) is 0 Å². The highest BCUT2D eigenvalue weighted by atomic mass is 16.7. The predicted octanol–water partition coefficient (Wildman–Crippen LogP) is 8.39. The Morgan fingerprint density at radius 3 is 1.11 bits per heavy atom. The molecule has 1 N–H and O–H groups in total. The summed E-state index contributed by atoms with van der Waals surface area (Å²) >= 11 is 0. The summed E-state index contributed by atoms with van der Waals surface area (Å²) in [6.45, 7) is 2.90. The number of esters is 1. The fraction of sp³-hybridized carbons (Fsp3) is 0.288. The van der Waals surface area contributed by atoms with Crippen LogP contribution < -0.4 is 0 Å². The Labute approximate surface area is 363 Å². The smallest absolute Gasteiger partial charge is 0.338 e. The van der Waals surface area contributed by atoms with Gasteiger partial charge in [-0.1, -0.05) is 182 Å². The molecule has 10 heteroatoms. The molecule has 2 aliphatic rings. The van der Waals surface area contributed by atoms with Crippen molar-refractivity contribution >= 4 is 5.97 Å². The first-order chi connectivity index (χ1) is 30.6. The van der Waals surface area contributed by atoms with E-state index < -0.39 is 48.9 Å². The fourth-order valence-electron chi connectivity index (χ4n) is 7.11. The third-order valence-corrected chi connectivity index (χ3v) is 10.4. The topological polar surface area (TPSA) is 111 Å². The standard InChI is InChI=1S/C26H28O5.C26H26O5/c2*27-26-25(30-18-22-14-8-3-9-15-22)24(29-17-21-12-6-2-7-13-21)23(31-26)19-28-16-20-10-4-1-5-11-20/h1-15,23-27H,16-19H2;1-15,23-25H,16-19H2/t23-,24-,25-,26?;23-,24-,25-/m11/s1. The average Bonchev–Trinajstić information content (AvgIpc) is 3.80. The zero-order chi connectivity index (χ0) is 42.6. The van der Waals surface area contributed by atoms with Gasteiger partial charge in [-0.05, 0) is 33.4 Å². The Morgan fingerprint density at radius 2 is 0.710 bits per heavy atom. The minimum absolute atomic E-state index is 0.241. The molecule has 6 aromatic carbocycles. The Hall–Kier alpha value is -5.53. The number of ether oxygens (including phenoxy) is 8. The molecule has 2 fully saturated rings. The van der Waals surface area contributed by atoms with E-state index in [1.165, 1.54) is 0 Å². The highest BCUT2D eigenvalue weighted by Gasteiger charge is 2.47. The maximum atomic E-state index is 12.6. The summed E-state index contributed by atoms with van der Waals surface area (Å²) in [6, 6.07) is 59.2. The maximum absolute atomic E-state index is 12.6. The highest BCUT2D eigenvalue weighted by Crippen LogP contribution is 2.28. The number of aliphatic hydroxyl groups excluding tert-OH is 1. The van der Waals surface area contributed by atoms with Gasteiger partial charge in [-0.2, -0.15) is 0 Å². The molecule has 10 nitrogen and oxygen atoms in total. The highest BCUT2D eigenvalue weighted by molar-refractivity contribution is 5.78. The van der Waals surface area contributed by atoms with E-state index in [0.29, 0.717) is 46.2 Å². The second-order valence-electron chi connectivity index (χ2n) is 15.0. The van der Waals surface area contributed by atoms with Crippen LogP contribution in [-0.2, 0) is 82.3 Å². The fourth-order valence-corrected chi connectivity index (χ4v) is 7.11. The van der Waals surface area contributed by atoms with Crippen LogP contribution in [0.5, 0.6) is 0 Å². The third-order valence-electron chi connectivity index (χ3n) is 10.4. The van der Waals surface area contributed by atoms with Gasteiger partial charge in [-0.25, -0.2) is 4.79 Å². The monoisotopic (exact) mass is 838 g/mol. The second-order valence-corrected chi connectivity index (χ2v) is 15.0. The molecule has 0 bridgehead atoms. The molecule has 2 saturated heterocycles. The Bertz CT molecular complexity index is 2130. The van der Waals surface area contributed by atoms with Crippen molar-refractivity contribution in [3.05, 3.63) is 215 Å². The van der Waals surface area contributed by atoms with Crippen molar-refractivity contribution < 1.29 is 47.8 Å². The lowest BCUT2D eigenvalue weighted by Crippen LogP contribution is -2.39. The van der Waals surface area contributed by atoms with Crippen molar-refractivity contribution in [2.24, 2.45) is 0 Å². The van der Waals surface area contributed by atoms with Gasteiger partial charge >= 0.3 is 5.97 Å². The van der Waals surface area contributed by atoms with E-state index >= 15 is 0 Å². The molecule has 0 radical (unpaired) electrons. The molecular weight excluding hydrogens is 785 g/mol. The Balaban J connectivity index is 0.000000186. The third kappa shape index (κ3) is 13.7. The van der Waals surface area contributed by atoms with Gasteiger partial charge in [0.1, 0.15) is 24.4 Å². The predicted molar refractivity (Wildman–Crippen MR) is 233 cm³/mol. The van der Waals surface area contributed by atoms with Crippen LogP contribution in [0.3, 0.4) is 0 Å². The van der Waals surface area contributed by atoms with Crippen LogP contribution in [0.1, 0.15) is 33.4 Å². The number of benzene rings is 6. The van der Waals surface area contributed by atoms with Crippen molar-refractivity contribution in [2.75, 3.05) is 13.2 Å². The molecule has 7 atom stereocenters. The van der Waals surface area contributed by atoms with E-state index in [1.54, 1.807) is 0 Å². The minimum Gasteiger partial charge on any atom is -0.455 e. The number of cyclic esters (lactones) is 1. The lowest BCUT2D eigenvalue weighted by molar-refractivity contribution is -0.153. The summed E-state index contributed by atoms with van der Waals surface area (Å²) in [6.07, 6.45) is -4.43. The van der Waals surface area contributed by atoms with Crippen molar-refractivity contribution in [2.45, 2.75) is 82.6 Å².